The Morgan fingerprint density at radius 2 is 1.67 bits per heavy atom. The molecular weight excluding hydrogens is 382 g/mol. The maximum atomic E-state index is 6.04. The fraction of sp³-hybridized carbons (Fsp3) is 0.529. The third-order valence-corrected chi connectivity index (χ3v) is 4.71. The van der Waals surface area contributed by atoms with Gasteiger partial charge in [-0.25, -0.2) is 0 Å². The second-order valence-electron chi connectivity index (χ2n) is 6.14. The Bertz CT molecular complexity index is 708. The summed E-state index contributed by atoms with van der Waals surface area (Å²) in [6, 6.07) is 3.88. The average molecular weight is 410 g/mol. The normalized spacial score (nSPS) is 16.0. The number of hydrogen-bond donors (Lipinski definition) is 4. The first kappa shape index (κ1) is 21.3. The minimum atomic E-state index is 0.402. The molecule has 0 bridgehead atoms. The molecule has 1 aliphatic heterocycles. The summed E-state index contributed by atoms with van der Waals surface area (Å²) < 4.78 is 6.04. The Kier molecular flexibility index (Phi) is 8.62. The van der Waals surface area contributed by atoms with Crippen LogP contribution in [0.5, 0.6) is 0 Å². The number of nitrogens with zero attached hydrogens (tertiary/aromatic N) is 3. The van der Waals surface area contributed by atoms with E-state index in [-0.39, 0.29) is 0 Å². The van der Waals surface area contributed by atoms with E-state index in [0.717, 1.165) is 25.4 Å². The van der Waals surface area contributed by atoms with Gasteiger partial charge in [-0.15, -0.1) is 0 Å². The fourth-order valence-corrected chi connectivity index (χ4v) is 2.74. The Morgan fingerprint density at radius 1 is 1.04 bits per heavy atom. The molecule has 4 N–H and O–H groups in total. The van der Waals surface area contributed by atoms with Crippen molar-refractivity contribution >= 4 is 46.1 Å². The highest BCUT2D eigenvalue weighted by Gasteiger charge is 2.16. The standard InChI is InChI=1S/C17H27N7OS2/c1-12(20-22-16(26)18-2)15(21-23-17(27)19-3)14-8-7-13(25-14)11-24-9-5-4-6-10-24/h7-8H,4-6,9-11H2,1-3H3,(H2,18,22,26)(H2,19,23,27)/b20-12+,21-15+. The van der Waals surface area contributed by atoms with Crippen molar-refractivity contribution in [3.63, 3.8) is 0 Å². The fourth-order valence-electron chi connectivity index (χ4n) is 2.65. The number of rotatable bonds is 6. The van der Waals surface area contributed by atoms with E-state index in [4.69, 9.17) is 28.9 Å². The van der Waals surface area contributed by atoms with Gasteiger partial charge in [-0.2, -0.15) is 10.2 Å². The third-order valence-electron chi connectivity index (χ3n) is 4.11. The maximum absolute atomic E-state index is 6.04. The molecule has 0 unspecified atom stereocenters. The van der Waals surface area contributed by atoms with E-state index >= 15 is 0 Å². The van der Waals surface area contributed by atoms with Crippen molar-refractivity contribution in [1.82, 2.24) is 26.4 Å². The predicted molar refractivity (Wildman–Crippen MR) is 117 cm³/mol. The molecule has 27 heavy (non-hydrogen) atoms. The molecule has 2 rings (SSSR count). The van der Waals surface area contributed by atoms with Crippen LogP contribution >= 0.6 is 24.4 Å². The summed E-state index contributed by atoms with van der Waals surface area (Å²) in [4.78, 5) is 2.41. The molecule has 0 radical (unpaired) electrons. The zero-order valence-electron chi connectivity index (χ0n) is 16.0. The van der Waals surface area contributed by atoms with E-state index in [1.807, 2.05) is 19.1 Å². The number of thiocarbonyl (C=S) groups is 2. The molecule has 1 aromatic heterocycles. The zero-order valence-corrected chi connectivity index (χ0v) is 17.6. The predicted octanol–water partition coefficient (Wildman–Crippen LogP) is 1.53. The highest BCUT2D eigenvalue weighted by Crippen LogP contribution is 2.16. The molecule has 0 aliphatic carbocycles. The van der Waals surface area contributed by atoms with E-state index < -0.39 is 0 Å². The number of hydrogen-bond acceptors (Lipinski definition) is 6. The van der Waals surface area contributed by atoms with Crippen molar-refractivity contribution < 1.29 is 4.42 Å². The first-order valence-electron chi connectivity index (χ1n) is 8.92. The molecule has 0 atom stereocenters. The lowest BCUT2D eigenvalue weighted by Gasteiger charge is -2.25. The SMILES string of the molecule is CNC(=S)N/N=C(C)/C(=N\NC(=S)NC)c1ccc(CN2CCCCC2)o1. The van der Waals surface area contributed by atoms with E-state index in [2.05, 4.69) is 36.6 Å². The van der Waals surface area contributed by atoms with E-state index in [1.54, 1.807) is 14.1 Å². The maximum Gasteiger partial charge on any atom is 0.186 e. The molecule has 0 aromatic carbocycles. The second-order valence-corrected chi connectivity index (χ2v) is 6.96. The highest BCUT2D eigenvalue weighted by atomic mass is 32.1. The molecule has 1 saturated heterocycles. The van der Waals surface area contributed by atoms with Crippen LogP contribution in [-0.2, 0) is 6.54 Å². The van der Waals surface area contributed by atoms with Crippen LogP contribution in [0.2, 0.25) is 0 Å². The first-order valence-corrected chi connectivity index (χ1v) is 9.74. The van der Waals surface area contributed by atoms with Crippen LogP contribution < -0.4 is 21.5 Å². The zero-order chi connectivity index (χ0) is 19.6. The summed E-state index contributed by atoms with van der Waals surface area (Å²) in [7, 11) is 3.45. The summed E-state index contributed by atoms with van der Waals surface area (Å²) >= 11 is 10.1. The van der Waals surface area contributed by atoms with Crippen molar-refractivity contribution in [1.29, 1.82) is 0 Å². The molecule has 0 spiro atoms. The molecule has 10 heteroatoms. The Balaban J connectivity index is 2.16. The van der Waals surface area contributed by atoms with Gasteiger partial charge in [0.2, 0.25) is 0 Å². The van der Waals surface area contributed by atoms with E-state index in [0.29, 0.717) is 27.4 Å². The summed E-state index contributed by atoms with van der Waals surface area (Å²) in [6.45, 7) is 4.84. The average Bonchev–Trinajstić information content (AvgIpc) is 3.14. The summed E-state index contributed by atoms with van der Waals surface area (Å²) in [5, 5.41) is 15.0. The van der Waals surface area contributed by atoms with Gasteiger partial charge >= 0.3 is 0 Å². The number of furan rings is 1. The van der Waals surface area contributed by atoms with Gasteiger partial charge in [-0.05, 0) is 69.4 Å². The number of nitrogens with one attached hydrogen (secondary N) is 4. The van der Waals surface area contributed by atoms with Gasteiger partial charge in [0.05, 0.1) is 12.3 Å². The Morgan fingerprint density at radius 3 is 2.30 bits per heavy atom. The van der Waals surface area contributed by atoms with Crippen molar-refractivity contribution in [2.75, 3.05) is 27.2 Å². The first-order chi connectivity index (χ1) is 13.0. The van der Waals surface area contributed by atoms with Crippen molar-refractivity contribution in [2.45, 2.75) is 32.7 Å². The Hall–Kier alpha value is -2.04. The summed E-state index contributed by atoms with van der Waals surface area (Å²) in [5.41, 5.74) is 6.70. The van der Waals surface area contributed by atoms with Crippen molar-refractivity contribution in [3.8, 4) is 0 Å². The molecule has 1 fully saturated rings. The van der Waals surface area contributed by atoms with Crippen LogP contribution in [0.25, 0.3) is 0 Å². The van der Waals surface area contributed by atoms with Crippen molar-refractivity contribution in [3.05, 3.63) is 23.7 Å². The monoisotopic (exact) mass is 409 g/mol. The van der Waals surface area contributed by atoms with Crippen molar-refractivity contribution in [2.24, 2.45) is 10.2 Å². The van der Waals surface area contributed by atoms with Gasteiger partial charge in [0.15, 0.2) is 16.0 Å². The van der Waals surface area contributed by atoms with Gasteiger partial charge in [0.25, 0.3) is 0 Å². The van der Waals surface area contributed by atoms with Gasteiger partial charge in [0, 0.05) is 14.1 Å². The van der Waals surface area contributed by atoms with E-state index in [9.17, 15) is 0 Å². The van der Waals surface area contributed by atoms with Crippen LogP contribution in [0.3, 0.4) is 0 Å². The molecule has 1 aliphatic rings. The van der Waals surface area contributed by atoms with E-state index in [1.165, 1.54) is 19.3 Å². The minimum Gasteiger partial charge on any atom is -0.458 e. The van der Waals surface area contributed by atoms with Crippen LogP contribution in [0.4, 0.5) is 0 Å². The molecule has 8 nitrogen and oxygen atoms in total. The largest absolute Gasteiger partial charge is 0.458 e. The van der Waals surface area contributed by atoms with Crippen LogP contribution in [0.15, 0.2) is 26.8 Å². The molecule has 0 saturated carbocycles. The molecule has 2 heterocycles. The van der Waals surface area contributed by atoms with Crippen LogP contribution in [0.1, 0.15) is 37.7 Å². The lowest BCUT2D eigenvalue weighted by Crippen LogP contribution is -2.32. The lowest BCUT2D eigenvalue weighted by molar-refractivity contribution is 0.205. The van der Waals surface area contributed by atoms with Crippen LogP contribution in [0, 0.1) is 0 Å². The molecular formula is C17H27N7OS2. The minimum absolute atomic E-state index is 0.402. The smallest absolute Gasteiger partial charge is 0.186 e. The summed E-state index contributed by atoms with van der Waals surface area (Å²) in [5.74, 6) is 1.52. The number of hydrazone groups is 2. The van der Waals surface area contributed by atoms with Gasteiger partial charge in [0.1, 0.15) is 11.5 Å². The van der Waals surface area contributed by atoms with Crippen LogP contribution in [-0.4, -0.2) is 53.7 Å². The topological polar surface area (TPSA) is 89.2 Å². The van der Waals surface area contributed by atoms with Gasteiger partial charge in [-0.1, -0.05) is 6.42 Å². The molecule has 148 valence electrons. The Labute approximate surface area is 170 Å². The van der Waals surface area contributed by atoms with Gasteiger partial charge in [-0.3, -0.25) is 15.8 Å². The number of likely N-dealkylation sites (tertiary alicyclic amines) is 1. The highest BCUT2D eigenvalue weighted by molar-refractivity contribution is 7.80. The van der Waals surface area contributed by atoms with Gasteiger partial charge < -0.3 is 15.1 Å². The molecule has 0 amide bonds. The quantitative estimate of drug-likeness (QED) is 0.320. The third kappa shape index (κ3) is 6.89. The molecule has 1 aromatic rings. The second kappa shape index (κ2) is 11.0. The number of piperidine rings is 1. The summed E-state index contributed by atoms with van der Waals surface area (Å²) in [6.07, 6.45) is 3.80. The lowest BCUT2D eigenvalue weighted by atomic mass is 10.1.